The first-order valence-electron chi connectivity index (χ1n) is 21.0. The Morgan fingerprint density at radius 1 is 0.793 bits per heavy atom. The van der Waals surface area contributed by atoms with E-state index in [-0.39, 0.29) is 35.2 Å². The van der Waals surface area contributed by atoms with Crippen LogP contribution in [0.25, 0.3) is 33.6 Å². The zero-order valence-corrected chi connectivity index (χ0v) is 34.6. The standard InChI is InChI=1S/C29H32N6O3.C16H21NO.C2H6/c1-18(2)26(34-29(37)38-3)28(36)35-14-4-5-25(35)27-31-16-24(33-27)22-12-8-20(9-13-22)19-6-10-21(11-7-19)23-15-30-17-32-23;18-15(13-7-3-1-4-8-13)17-16(11-12-16)14-9-5-2-6-10-14;1-2/h6-13,15-18,25-26H,4-5,14H2,1-3H3,(H,30,32)(H,31,33)(H,34,37);2,5-6,9-10,13H,1,3-4,7-8,11-12H2,(H,17,18);1-2H3. The Hall–Kier alpha value is -5.71. The van der Waals surface area contributed by atoms with Crippen LogP contribution in [0.3, 0.4) is 0 Å². The van der Waals surface area contributed by atoms with Crippen molar-refractivity contribution in [2.45, 2.75) is 103 Å². The average molecular weight is 786 g/mol. The molecule has 2 aromatic heterocycles. The Balaban J connectivity index is 0.000000236. The first-order valence-corrected chi connectivity index (χ1v) is 21.0. The number of nitrogens with zero attached hydrogens (tertiary/aromatic N) is 3. The van der Waals surface area contributed by atoms with E-state index in [1.807, 2.05) is 51.1 Å². The Morgan fingerprint density at radius 2 is 1.41 bits per heavy atom. The minimum absolute atomic E-state index is 0.0320. The predicted molar refractivity (Wildman–Crippen MR) is 228 cm³/mol. The summed E-state index contributed by atoms with van der Waals surface area (Å²) in [6.07, 6.45) is 14.5. The highest BCUT2D eigenvalue weighted by molar-refractivity contribution is 5.86. The molecule has 3 aromatic carbocycles. The second-order valence-electron chi connectivity index (χ2n) is 15.6. The fourth-order valence-corrected chi connectivity index (χ4v) is 8.01. The van der Waals surface area contributed by atoms with E-state index in [9.17, 15) is 14.4 Å². The van der Waals surface area contributed by atoms with Gasteiger partial charge in [-0.1, -0.05) is 126 Å². The number of ether oxygens (including phenoxy) is 1. The van der Waals surface area contributed by atoms with Crippen LogP contribution in [-0.4, -0.2) is 62.4 Å². The summed E-state index contributed by atoms with van der Waals surface area (Å²) in [4.78, 5) is 54.6. The SMILES string of the molecule is CC.COC(=O)NC(C(=O)N1CCCC1c1ncc(-c2ccc(-c3ccc(-c4cnc[nH]4)cc3)cc2)[nH]1)C(C)C.O=C(NC1(c2ccccc2)CC1)C1CCCCC1. The molecule has 1 aliphatic heterocycles. The summed E-state index contributed by atoms with van der Waals surface area (Å²) in [6, 6.07) is 26.3. The number of hydrogen-bond acceptors (Lipinski definition) is 6. The van der Waals surface area contributed by atoms with Crippen molar-refractivity contribution in [1.29, 1.82) is 0 Å². The quantitative estimate of drug-likeness (QED) is 0.111. The summed E-state index contributed by atoms with van der Waals surface area (Å²) in [5.41, 5.74) is 7.49. The molecule has 4 N–H and O–H groups in total. The molecule has 3 heterocycles. The van der Waals surface area contributed by atoms with Crippen molar-refractivity contribution in [3.63, 3.8) is 0 Å². The lowest BCUT2D eigenvalue weighted by molar-refractivity contribution is -0.135. The maximum atomic E-state index is 13.4. The first-order chi connectivity index (χ1) is 28.2. The van der Waals surface area contributed by atoms with E-state index in [1.54, 1.807) is 6.33 Å². The summed E-state index contributed by atoms with van der Waals surface area (Å²) >= 11 is 0. The summed E-state index contributed by atoms with van der Waals surface area (Å²) in [5, 5.41) is 6.00. The third kappa shape index (κ3) is 10.0. The predicted octanol–water partition coefficient (Wildman–Crippen LogP) is 9.58. The number of imidazole rings is 2. The number of nitrogens with one attached hydrogen (secondary N) is 4. The molecule has 0 spiro atoms. The topological polar surface area (TPSA) is 145 Å². The van der Waals surface area contributed by atoms with E-state index in [4.69, 9.17) is 4.74 Å². The molecule has 8 rings (SSSR count). The van der Waals surface area contributed by atoms with E-state index in [2.05, 4.69) is 103 Å². The molecule has 11 heteroatoms. The molecular formula is C47H59N7O4. The van der Waals surface area contributed by atoms with Gasteiger partial charge in [0.15, 0.2) is 0 Å². The summed E-state index contributed by atoms with van der Waals surface area (Å²) < 4.78 is 4.72. The first kappa shape index (κ1) is 41.9. The van der Waals surface area contributed by atoms with Crippen molar-refractivity contribution >= 4 is 17.9 Å². The van der Waals surface area contributed by atoms with Crippen molar-refractivity contribution in [2.75, 3.05) is 13.7 Å². The van der Waals surface area contributed by atoms with E-state index in [0.717, 1.165) is 78.0 Å². The number of alkyl carbamates (subject to hydrolysis) is 1. The van der Waals surface area contributed by atoms with Crippen LogP contribution in [0.2, 0.25) is 0 Å². The number of aromatic amines is 2. The number of benzene rings is 3. The number of carbonyl (C=O) groups is 3. The van der Waals surface area contributed by atoms with Crippen LogP contribution in [0, 0.1) is 11.8 Å². The zero-order valence-electron chi connectivity index (χ0n) is 34.6. The van der Waals surface area contributed by atoms with Crippen molar-refractivity contribution in [3.05, 3.63) is 109 Å². The molecule has 2 saturated carbocycles. The van der Waals surface area contributed by atoms with E-state index < -0.39 is 12.1 Å². The number of amides is 3. The zero-order chi connectivity index (χ0) is 41.1. The number of likely N-dealkylation sites (tertiary alicyclic amines) is 1. The molecular weight excluding hydrogens is 727 g/mol. The summed E-state index contributed by atoms with van der Waals surface area (Å²) in [7, 11) is 1.30. The molecule has 0 bridgehead atoms. The molecule has 3 amide bonds. The Labute approximate surface area is 342 Å². The minimum Gasteiger partial charge on any atom is -0.453 e. The number of rotatable bonds is 10. The number of hydrogen-bond donors (Lipinski definition) is 4. The van der Waals surface area contributed by atoms with Gasteiger partial charge in [0.1, 0.15) is 11.9 Å². The van der Waals surface area contributed by atoms with Gasteiger partial charge in [-0.25, -0.2) is 14.8 Å². The largest absolute Gasteiger partial charge is 0.453 e. The van der Waals surface area contributed by atoms with Crippen molar-refractivity contribution in [3.8, 4) is 33.6 Å². The lowest BCUT2D eigenvalue weighted by atomic mass is 9.88. The Morgan fingerprint density at radius 3 is 1.98 bits per heavy atom. The summed E-state index contributed by atoms with van der Waals surface area (Å²) in [6.45, 7) is 8.44. The fourth-order valence-electron chi connectivity index (χ4n) is 8.01. The molecule has 58 heavy (non-hydrogen) atoms. The van der Waals surface area contributed by atoms with Crippen molar-refractivity contribution in [2.24, 2.45) is 11.8 Å². The highest BCUT2D eigenvalue weighted by Gasteiger charge is 2.46. The van der Waals surface area contributed by atoms with Crippen LogP contribution in [0.15, 0.2) is 97.6 Å². The van der Waals surface area contributed by atoms with Gasteiger partial charge in [0.05, 0.1) is 48.8 Å². The summed E-state index contributed by atoms with van der Waals surface area (Å²) in [5.74, 6) is 1.12. The fraction of sp³-hybridized carbons (Fsp3) is 0.426. The lowest BCUT2D eigenvalue weighted by Crippen LogP contribution is -2.51. The molecule has 3 aliphatic rings. The third-order valence-corrected chi connectivity index (χ3v) is 11.5. The molecule has 3 fully saturated rings. The number of methoxy groups -OCH3 is 1. The highest BCUT2D eigenvalue weighted by Crippen LogP contribution is 2.46. The van der Waals surface area contributed by atoms with Gasteiger partial charge in [0.2, 0.25) is 11.8 Å². The lowest BCUT2D eigenvalue weighted by Gasteiger charge is -2.30. The van der Waals surface area contributed by atoms with Crippen molar-refractivity contribution < 1.29 is 19.1 Å². The maximum absolute atomic E-state index is 13.4. The van der Waals surface area contributed by atoms with E-state index in [0.29, 0.717) is 6.54 Å². The van der Waals surface area contributed by atoms with Crippen LogP contribution in [0.1, 0.15) is 103 Å². The van der Waals surface area contributed by atoms with Crippen molar-refractivity contribution in [1.82, 2.24) is 35.5 Å². The Kier molecular flexibility index (Phi) is 14.2. The van der Waals surface area contributed by atoms with Crippen LogP contribution < -0.4 is 10.6 Å². The molecule has 306 valence electrons. The minimum atomic E-state index is -0.654. The molecule has 2 unspecified atom stereocenters. The second-order valence-corrected chi connectivity index (χ2v) is 15.6. The van der Waals surface area contributed by atoms with Gasteiger partial charge in [0.25, 0.3) is 0 Å². The molecule has 2 atom stereocenters. The van der Waals surface area contributed by atoms with Gasteiger partial charge in [-0.05, 0) is 72.3 Å². The molecule has 2 aliphatic carbocycles. The van der Waals surface area contributed by atoms with E-state index >= 15 is 0 Å². The third-order valence-electron chi connectivity index (χ3n) is 11.5. The normalized spacial score (nSPS) is 17.6. The van der Waals surface area contributed by atoms with Gasteiger partial charge in [-0.3, -0.25) is 9.59 Å². The van der Waals surface area contributed by atoms with Gasteiger partial charge in [-0.15, -0.1) is 0 Å². The smallest absolute Gasteiger partial charge is 0.407 e. The molecule has 0 radical (unpaired) electrons. The second kappa shape index (κ2) is 19.6. The van der Waals surface area contributed by atoms with Crippen LogP contribution in [0.4, 0.5) is 4.79 Å². The number of aromatic nitrogens is 4. The average Bonchev–Trinajstić information content (AvgIpc) is 3.69. The van der Waals surface area contributed by atoms with Crippen LogP contribution in [0.5, 0.6) is 0 Å². The Bertz CT molecular complexity index is 2050. The van der Waals surface area contributed by atoms with Crippen LogP contribution >= 0.6 is 0 Å². The highest BCUT2D eigenvalue weighted by atomic mass is 16.5. The molecule has 11 nitrogen and oxygen atoms in total. The van der Waals surface area contributed by atoms with Gasteiger partial charge in [0, 0.05) is 12.5 Å². The monoisotopic (exact) mass is 785 g/mol. The molecule has 5 aromatic rings. The number of carbonyl (C=O) groups excluding carboxylic acids is 3. The number of H-pyrrole nitrogens is 2. The van der Waals surface area contributed by atoms with Gasteiger partial charge >= 0.3 is 6.09 Å². The van der Waals surface area contributed by atoms with Crippen LogP contribution in [-0.2, 0) is 19.9 Å². The maximum Gasteiger partial charge on any atom is 0.407 e. The van der Waals surface area contributed by atoms with Gasteiger partial charge < -0.3 is 30.2 Å². The van der Waals surface area contributed by atoms with E-state index in [1.165, 1.54) is 31.9 Å². The molecule has 1 saturated heterocycles. The van der Waals surface area contributed by atoms with Gasteiger partial charge in [-0.2, -0.15) is 0 Å².